The lowest BCUT2D eigenvalue weighted by molar-refractivity contribution is -0.134. The van der Waals surface area contributed by atoms with Gasteiger partial charge in [-0.2, -0.15) is 0 Å². The summed E-state index contributed by atoms with van der Waals surface area (Å²) in [6.45, 7) is 4.35. The maximum atomic E-state index is 12.6. The summed E-state index contributed by atoms with van der Waals surface area (Å²) in [7, 11) is 0. The van der Waals surface area contributed by atoms with Gasteiger partial charge in [0.1, 0.15) is 0 Å². The first-order valence-electron chi connectivity index (χ1n) is 9.70. The number of imidazole rings is 1. The molecule has 3 heterocycles. The second-order valence-corrected chi connectivity index (χ2v) is 7.30. The van der Waals surface area contributed by atoms with Gasteiger partial charge in [-0.25, -0.2) is 4.98 Å². The number of benzene rings is 1. The van der Waals surface area contributed by atoms with E-state index in [1.165, 1.54) is 5.56 Å². The molecule has 4 rings (SSSR count). The number of nitrogens with zero attached hydrogens (tertiary/aromatic N) is 4. The van der Waals surface area contributed by atoms with E-state index < -0.39 is 6.04 Å². The zero-order valence-electron chi connectivity index (χ0n) is 16.3. The molecule has 1 aromatic carbocycles. The first-order valence-corrected chi connectivity index (χ1v) is 9.70. The van der Waals surface area contributed by atoms with Crippen LogP contribution in [0, 0.1) is 6.92 Å². The maximum absolute atomic E-state index is 12.6. The molecule has 0 saturated carbocycles. The quantitative estimate of drug-likeness (QED) is 0.654. The molecule has 8 heteroatoms. The normalized spacial score (nSPS) is 17.3. The Kier molecular flexibility index (Phi) is 5.53. The predicted octanol–water partition coefficient (Wildman–Crippen LogP) is 1.04. The summed E-state index contributed by atoms with van der Waals surface area (Å²) in [5.41, 5.74) is 3.92. The van der Waals surface area contributed by atoms with Gasteiger partial charge in [0, 0.05) is 32.0 Å². The van der Waals surface area contributed by atoms with Gasteiger partial charge >= 0.3 is 0 Å². The van der Waals surface area contributed by atoms with Crippen LogP contribution < -0.4 is 10.6 Å². The molecule has 0 radical (unpaired) electrons. The van der Waals surface area contributed by atoms with E-state index in [0.29, 0.717) is 19.6 Å². The van der Waals surface area contributed by atoms with Crippen molar-refractivity contribution in [1.82, 2.24) is 29.9 Å². The van der Waals surface area contributed by atoms with Gasteiger partial charge in [-0.3, -0.25) is 23.9 Å². The van der Waals surface area contributed by atoms with Crippen LogP contribution in [0.3, 0.4) is 0 Å². The van der Waals surface area contributed by atoms with Gasteiger partial charge in [0.25, 0.3) is 0 Å². The van der Waals surface area contributed by atoms with Gasteiger partial charge in [0.2, 0.25) is 11.8 Å². The summed E-state index contributed by atoms with van der Waals surface area (Å²) < 4.78 is 1.88. The van der Waals surface area contributed by atoms with Crippen LogP contribution in [0.15, 0.2) is 49.1 Å². The van der Waals surface area contributed by atoms with E-state index in [0.717, 1.165) is 23.4 Å². The van der Waals surface area contributed by atoms with Crippen LogP contribution in [0.2, 0.25) is 0 Å². The number of nitrogens with one attached hydrogen (secondary N) is 2. The number of fused-ring (bicyclic) bond motifs is 1. The molecule has 3 aromatic rings. The van der Waals surface area contributed by atoms with Gasteiger partial charge in [-0.05, 0) is 12.5 Å². The van der Waals surface area contributed by atoms with Crippen molar-refractivity contribution in [3.05, 3.63) is 65.9 Å². The Hall–Kier alpha value is -3.26. The molecule has 150 valence electrons. The summed E-state index contributed by atoms with van der Waals surface area (Å²) in [6, 6.07) is 7.78. The third-order valence-electron chi connectivity index (χ3n) is 5.19. The number of carbonyl (C=O) groups is 2. The van der Waals surface area contributed by atoms with Crippen LogP contribution in [-0.2, 0) is 22.7 Å². The summed E-state index contributed by atoms with van der Waals surface area (Å²) in [4.78, 5) is 35.4. The van der Waals surface area contributed by atoms with Crippen LogP contribution in [0.25, 0.3) is 5.65 Å². The van der Waals surface area contributed by atoms with Crippen molar-refractivity contribution >= 4 is 17.5 Å². The summed E-state index contributed by atoms with van der Waals surface area (Å²) in [5.74, 6) is -0.260. The van der Waals surface area contributed by atoms with Crippen molar-refractivity contribution in [3.8, 4) is 0 Å². The number of amides is 2. The highest BCUT2D eigenvalue weighted by Crippen LogP contribution is 2.15. The molecular weight excluding hydrogens is 368 g/mol. The van der Waals surface area contributed by atoms with Crippen molar-refractivity contribution in [3.63, 3.8) is 0 Å². The van der Waals surface area contributed by atoms with Gasteiger partial charge in [0.15, 0.2) is 5.65 Å². The maximum Gasteiger partial charge on any atom is 0.237 e. The highest BCUT2D eigenvalue weighted by Gasteiger charge is 2.31. The minimum Gasteiger partial charge on any atom is -0.353 e. The van der Waals surface area contributed by atoms with Crippen molar-refractivity contribution in [2.24, 2.45) is 0 Å². The molecule has 29 heavy (non-hydrogen) atoms. The van der Waals surface area contributed by atoms with E-state index in [1.54, 1.807) is 18.6 Å². The monoisotopic (exact) mass is 392 g/mol. The molecular formula is C21H24N6O2. The highest BCUT2D eigenvalue weighted by molar-refractivity contribution is 5.88. The third kappa shape index (κ3) is 4.43. The number of hydrogen-bond acceptors (Lipinski definition) is 5. The van der Waals surface area contributed by atoms with Crippen LogP contribution in [0.1, 0.15) is 23.2 Å². The number of rotatable bonds is 6. The molecule has 1 saturated heterocycles. The Morgan fingerprint density at radius 1 is 1.28 bits per heavy atom. The topological polar surface area (TPSA) is 91.6 Å². The number of carbonyl (C=O) groups excluding carboxylic acids is 2. The standard InChI is InChI=1S/C21H24N6O2/c1-15-2-4-16(5-3-15)14-26-8-7-23-21(29)18(26)10-20(28)25-12-17-11-24-19-13-22-6-9-27(17)19/h2-6,9,11,13,18H,7-8,10,12,14H2,1H3,(H,23,29)(H,25,28). The molecule has 0 aliphatic carbocycles. The van der Waals surface area contributed by atoms with Crippen molar-refractivity contribution in [2.75, 3.05) is 13.1 Å². The molecule has 2 amide bonds. The van der Waals surface area contributed by atoms with E-state index >= 15 is 0 Å². The van der Waals surface area contributed by atoms with Gasteiger partial charge in [0.05, 0.1) is 37.1 Å². The Morgan fingerprint density at radius 3 is 2.93 bits per heavy atom. The first-order chi connectivity index (χ1) is 14.1. The molecule has 8 nitrogen and oxygen atoms in total. The molecule has 1 aliphatic rings. The van der Waals surface area contributed by atoms with E-state index in [4.69, 9.17) is 0 Å². The van der Waals surface area contributed by atoms with Gasteiger partial charge in [-0.15, -0.1) is 0 Å². The minimum atomic E-state index is -0.476. The van der Waals surface area contributed by atoms with Crippen LogP contribution in [-0.4, -0.2) is 50.2 Å². The van der Waals surface area contributed by atoms with Gasteiger partial charge in [-0.1, -0.05) is 29.8 Å². The van der Waals surface area contributed by atoms with E-state index in [2.05, 4.69) is 49.8 Å². The number of aromatic nitrogens is 3. The number of hydrogen-bond donors (Lipinski definition) is 2. The molecule has 1 unspecified atom stereocenters. The number of piperazine rings is 1. The minimum absolute atomic E-state index is 0.0978. The molecule has 1 fully saturated rings. The Bertz CT molecular complexity index is 1010. The Morgan fingerprint density at radius 2 is 2.10 bits per heavy atom. The zero-order chi connectivity index (χ0) is 20.2. The Labute approximate surface area is 169 Å². The molecule has 2 N–H and O–H groups in total. The smallest absolute Gasteiger partial charge is 0.237 e. The SMILES string of the molecule is Cc1ccc(CN2CCNC(=O)C2CC(=O)NCc2cnc3cnccn23)cc1. The summed E-state index contributed by atoms with van der Waals surface area (Å²) >= 11 is 0. The summed E-state index contributed by atoms with van der Waals surface area (Å²) in [6.07, 6.45) is 6.99. The lowest BCUT2D eigenvalue weighted by Crippen LogP contribution is -2.56. The first kappa shape index (κ1) is 19.1. The molecule has 0 spiro atoms. The molecule has 1 atom stereocenters. The fourth-order valence-corrected chi connectivity index (χ4v) is 3.56. The molecule has 1 aliphatic heterocycles. The lowest BCUT2D eigenvalue weighted by Gasteiger charge is -2.34. The van der Waals surface area contributed by atoms with Crippen molar-refractivity contribution in [2.45, 2.75) is 32.5 Å². The zero-order valence-corrected chi connectivity index (χ0v) is 16.3. The average molecular weight is 392 g/mol. The van der Waals surface area contributed by atoms with E-state index in [-0.39, 0.29) is 18.2 Å². The van der Waals surface area contributed by atoms with Crippen LogP contribution in [0.4, 0.5) is 0 Å². The van der Waals surface area contributed by atoms with Crippen LogP contribution in [0.5, 0.6) is 0 Å². The third-order valence-corrected chi connectivity index (χ3v) is 5.19. The van der Waals surface area contributed by atoms with Crippen molar-refractivity contribution < 1.29 is 9.59 Å². The molecule has 0 bridgehead atoms. The van der Waals surface area contributed by atoms with Gasteiger partial charge < -0.3 is 10.6 Å². The second kappa shape index (κ2) is 8.40. The van der Waals surface area contributed by atoms with E-state index in [9.17, 15) is 9.59 Å². The average Bonchev–Trinajstić information content (AvgIpc) is 3.14. The lowest BCUT2D eigenvalue weighted by atomic mass is 10.1. The van der Waals surface area contributed by atoms with E-state index in [1.807, 2.05) is 17.5 Å². The van der Waals surface area contributed by atoms with Crippen LogP contribution >= 0.6 is 0 Å². The summed E-state index contributed by atoms with van der Waals surface area (Å²) in [5, 5.41) is 5.78. The number of aryl methyl sites for hydroxylation is 1. The molecule has 2 aromatic heterocycles. The largest absolute Gasteiger partial charge is 0.353 e. The predicted molar refractivity (Wildman–Crippen MR) is 108 cm³/mol. The second-order valence-electron chi connectivity index (χ2n) is 7.30. The Balaban J connectivity index is 1.39. The highest BCUT2D eigenvalue weighted by atomic mass is 16.2. The fourth-order valence-electron chi connectivity index (χ4n) is 3.56. The van der Waals surface area contributed by atoms with Crippen molar-refractivity contribution in [1.29, 1.82) is 0 Å². The fraction of sp³-hybridized carbons (Fsp3) is 0.333.